The first-order valence-corrected chi connectivity index (χ1v) is 4.43. The average molecular weight is 197 g/mol. The molecule has 0 unspecified atom stereocenters. The fourth-order valence-corrected chi connectivity index (χ4v) is 1.33. The highest BCUT2D eigenvalue weighted by Crippen LogP contribution is 2.02. The molecule has 0 aliphatic carbocycles. The maximum Gasteiger partial charge on any atom is 0.00411 e. The highest BCUT2D eigenvalue weighted by atomic mass is 35.5. The van der Waals surface area contributed by atoms with Gasteiger partial charge in [0.15, 0.2) is 0 Å². The minimum absolute atomic E-state index is 0. The van der Waals surface area contributed by atoms with Crippen molar-refractivity contribution in [1.29, 1.82) is 0 Å². The molecule has 0 fully saturated rings. The second kappa shape index (κ2) is 11.2. The van der Waals surface area contributed by atoms with Crippen LogP contribution in [0.15, 0.2) is 0 Å². The van der Waals surface area contributed by atoms with Crippen molar-refractivity contribution in [1.82, 2.24) is 4.90 Å². The number of nitrogens with two attached hydrogens (primary N) is 1. The van der Waals surface area contributed by atoms with E-state index in [0.717, 1.165) is 6.54 Å². The van der Waals surface area contributed by atoms with Crippen LogP contribution in [0.2, 0.25) is 0 Å². The van der Waals surface area contributed by atoms with Crippen molar-refractivity contribution in [2.45, 2.75) is 46.7 Å². The van der Waals surface area contributed by atoms with E-state index in [2.05, 4.69) is 45.3 Å². The standard InChI is InChI=1S/C8H19N.CH5N.ClH/c1-6-9(7(2)3)8(4)5;1-2;/h7-8H,6H2,1-5H3;2H2,1H3;1H. The Labute approximate surface area is 83.9 Å². The molecule has 0 saturated carbocycles. The van der Waals surface area contributed by atoms with Crippen LogP contribution in [0.25, 0.3) is 0 Å². The first-order chi connectivity index (χ1) is 5.09. The molecular weight excluding hydrogens is 172 g/mol. The van der Waals surface area contributed by atoms with Gasteiger partial charge in [-0.2, -0.15) is 0 Å². The first kappa shape index (κ1) is 18.1. The molecule has 0 heterocycles. The van der Waals surface area contributed by atoms with E-state index in [1.807, 2.05) is 0 Å². The summed E-state index contributed by atoms with van der Waals surface area (Å²) < 4.78 is 0. The molecule has 0 rings (SSSR count). The van der Waals surface area contributed by atoms with Gasteiger partial charge in [-0.1, -0.05) is 6.92 Å². The number of hydrogen-bond acceptors (Lipinski definition) is 2. The van der Waals surface area contributed by atoms with Gasteiger partial charge >= 0.3 is 0 Å². The maximum atomic E-state index is 4.50. The monoisotopic (exact) mass is 196 g/mol. The van der Waals surface area contributed by atoms with Gasteiger partial charge in [0.25, 0.3) is 0 Å². The summed E-state index contributed by atoms with van der Waals surface area (Å²) in [6.07, 6.45) is 0. The molecule has 12 heavy (non-hydrogen) atoms. The topological polar surface area (TPSA) is 29.3 Å². The SMILES string of the molecule is CCN(C(C)C)C(C)C.CN.Cl. The molecule has 0 radical (unpaired) electrons. The van der Waals surface area contributed by atoms with Gasteiger partial charge in [0.1, 0.15) is 0 Å². The molecule has 0 saturated heterocycles. The molecule has 0 aromatic heterocycles. The van der Waals surface area contributed by atoms with E-state index < -0.39 is 0 Å². The Morgan fingerprint density at radius 1 is 1.00 bits per heavy atom. The van der Waals surface area contributed by atoms with Crippen LogP contribution in [-0.4, -0.2) is 30.6 Å². The van der Waals surface area contributed by atoms with Crippen LogP contribution >= 0.6 is 12.4 Å². The summed E-state index contributed by atoms with van der Waals surface area (Å²) in [4.78, 5) is 2.46. The maximum absolute atomic E-state index is 4.50. The summed E-state index contributed by atoms with van der Waals surface area (Å²) >= 11 is 0. The number of rotatable bonds is 3. The number of nitrogens with zero attached hydrogens (tertiary/aromatic N) is 1. The van der Waals surface area contributed by atoms with E-state index in [1.54, 1.807) is 0 Å². The van der Waals surface area contributed by atoms with Gasteiger partial charge in [-0.15, -0.1) is 12.4 Å². The normalized spacial score (nSPS) is 9.50. The highest BCUT2D eigenvalue weighted by molar-refractivity contribution is 5.85. The molecule has 78 valence electrons. The fraction of sp³-hybridized carbons (Fsp3) is 1.00. The van der Waals surface area contributed by atoms with E-state index >= 15 is 0 Å². The van der Waals surface area contributed by atoms with Crippen LogP contribution < -0.4 is 5.73 Å². The number of halogens is 1. The van der Waals surface area contributed by atoms with Crippen molar-refractivity contribution < 1.29 is 0 Å². The van der Waals surface area contributed by atoms with Crippen molar-refractivity contribution in [2.75, 3.05) is 13.6 Å². The molecule has 2 nitrogen and oxygen atoms in total. The molecule has 0 aliphatic heterocycles. The molecule has 0 spiro atoms. The van der Waals surface area contributed by atoms with Crippen LogP contribution in [0.3, 0.4) is 0 Å². The van der Waals surface area contributed by atoms with Gasteiger partial charge in [0.05, 0.1) is 0 Å². The Hall–Kier alpha value is 0.210. The smallest absolute Gasteiger partial charge is 0.00411 e. The Balaban J connectivity index is -0.000000249. The molecule has 0 aliphatic rings. The van der Waals surface area contributed by atoms with Crippen LogP contribution in [0.5, 0.6) is 0 Å². The summed E-state index contributed by atoms with van der Waals surface area (Å²) in [5, 5.41) is 0. The minimum Gasteiger partial charge on any atom is -0.333 e. The van der Waals surface area contributed by atoms with Gasteiger partial charge in [-0.3, -0.25) is 4.90 Å². The Kier molecular flexibility index (Phi) is 16.9. The zero-order valence-electron chi connectivity index (χ0n) is 9.29. The lowest BCUT2D eigenvalue weighted by Gasteiger charge is -2.28. The molecule has 0 atom stereocenters. The second-order valence-corrected chi connectivity index (χ2v) is 3.02. The predicted molar refractivity (Wildman–Crippen MR) is 60.0 cm³/mol. The lowest BCUT2D eigenvalue weighted by molar-refractivity contribution is 0.185. The number of hydrogen-bond donors (Lipinski definition) is 1. The van der Waals surface area contributed by atoms with Gasteiger partial charge in [0, 0.05) is 12.1 Å². The summed E-state index contributed by atoms with van der Waals surface area (Å²) in [6.45, 7) is 12.3. The van der Waals surface area contributed by atoms with Crippen molar-refractivity contribution in [3.05, 3.63) is 0 Å². The Bertz CT molecular complexity index is 66.9. The van der Waals surface area contributed by atoms with Gasteiger partial charge < -0.3 is 5.73 Å². The highest BCUT2D eigenvalue weighted by Gasteiger charge is 2.08. The van der Waals surface area contributed by atoms with E-state index in [1.165, 1.54) is 7.05 Å². The van der Waals surface area contributed by atoms with Crippen molar-refractivity contribution in [2.24, 2.45) is 5.73 Å². The molecular formula is C9H25ClN2. The zero-order chi connectivity index (χ0) is 9.44. The zero-order valence-corrected chi connectivity index (χ0v) is 10.1. The van der Waals surface area contributed by atoms with Gasteiger partial charge in [-0.25, -0.2) is 0 Å². The summed E-state index contributed by atoms with van der Waals surface area (Å²) in [7, 11) is 1.50. The minimum atomic E-state index is 0. The largest absolute Gasteiger partial charge is 0.333 e. The third kappa shape index (κ3) is 8.31. The average Bonchev–Trinajstić information content (AvgIpc) is 1.91. The van der Waals surface area contributed by atoms with Crippen LogP contribution in [0.1, 0.15) is 34.6 Å². The van der Waals surface area contributed by atoms with Crippen molar-refractivity contribution >= 4 is 12.4 Å². The second-order valence-electron chi connectivity index (χ2n) is 3.02. The molecule has 3 heteroatoms. The molecule has 0 amide bonds. The molecule has 0 aromatic carbocycles. The van der Waals surface area contributed by atoms with Crippen molar-refractivity contribution in [3.8, 4) is 0 Å². The van der Waals surface area contributed by atoms with Gasteiger partial charge in [0.2, 0.25) is 0 Å². The molecule has 0 bridgehead atoms. The predicted octanol–water partition coefficient (Wildman–Crippen LogP) is 2.12. The van der Waals surface area contributed by atoms with E-state index in [-0.39, 0.29) is 12.4 Å². The Morgan fingerprint density at radius 3 is 1.25 bits per heavy atom. The summed E-state index contributed by atoms with van der Waals surface area (Å²) in [5.41, 5.74) is 4.50. The molecule has 0 aromatic rings. The van der Waals surface area contributed by atoms with Crippen LogP contribution in [0, 0.1) is 0 Å². The van der Waals surface area contributed by atoms with Crippen LogP contribution in [0.4, 0.5) is 0 Å². The van der Waals surface area contributed by atoms with Crippen molar-refractivity contribution in [3.63, 3.8) is 0 Å². The summed E-state index contributed by atoms with van der Waals surface area (Å²) in [5.74, 6) is 0. The first-order valence-electron chi connectivity index (χ1n) is 4.43. The van der Waals surface area contributed by atoms with Crippen LogP contribution in [-0.2, 0) is 0 Å². The summed E-state index contributed by atoms with van der Waals surface area (Å²) in [6, 6.07) is 1.38. The Morgan fingerprint density at radius 2 is 1.25 bits per heavy atom. The molecule has 2 N–H and O–H groups in total. The van der Waals surface area contributed by atoms with E-state index in [0.29, 0.717) is 12.1 Å². The lowest BCUT2D eigenvalue weighted by Crippen LogP contribution is -2.36. The van der Waals surface area contributed by atoms with Gasteiger partial charge in [-0.05, 0) is 41.3 Å². The lowest BCUT2D eigenvalue weighted by atomic mass is 10.2. The van der Waals surface area contributed by atoms with E-state index in [9.17, 15) is 0 Å². The third-order valence-electron chi connectivity index (χ3n) is 1.69. The quantitative estimate of drug-likeness (QED) is 0.750. The third-order valence-corrected chi connectivity index (χ3v) is 1.69. The van der Waals surface area contributed by atoms with E-state index in [4.69, 9.17) is 0 Å². The fourth-order valence-electron chi connectivity index (χ4n) is 1.33.